The van der Waals surface area contributed by atoms with E-state index in [4.69, 9.17) is 0 Å². The zero-order chi connectivity index (χ0) is 14.4. The number of carbonyl (C=O) groups is 2. The van der Waals surface area contributed by atoms with Gasteiger partial charge in [0.05, 0.1) is 5.56 Å². The summed E-state index contributed by atoms with van der Waals surface area (Å²) >= 11 is 0. The first kappa shape index (κ1) is 13.9. The molecule has 0 atom stereocenters. The molecule has 0 spiro atoms. The number of nitrogens with zero attached hydrogens (tertiary/aromatic N) is 1. The molecule has 0 aliphatic rings. The third-order valence-corrected chi connectivity index (χ3v) is 2.85. The van der Waals surface area contributed by atoms with Crippen molar-refractivity contribution in [3.8, 4) is 0 Å². The van der Waals surface area contributed by atoms with Crippen molar-refractivity contribution >= 4 is 11.7 Å². The van der Waals surface area contributed by atoms with Gasteiger partial charge in [-0.15, -0.1) is 0 Å². The number of aromatic nitrogens is 1. The zero-order valence-corrected chi connectivity index (χ0v) is 11.4. The monoisotopic (exact) mass is 269 g/mol. The van der Waals surface area contributed by atoms with E-state index in [1.807, 2.05) is 30.3 Å². The minimum atomic E-state index is -0.121. The Morgan fingerprint density at radius 1 is 1.05 bits per heavy atom. The Labute approximate surface area is 118 Å². The fourth-order valence-electron chi connectivity index (χ4n) is 1.85. The van der Waals surface area contributed by atoms with Crippen molar-refractivity contribution in [2.75, 3.05) is 0 Å². The Kier molecular flexibility index (Phi) is 4.60. The van der Waals surface area contributed by atoms with Crippen LogP contribution in [0, 0.1) is 0 Å². The summed E-state index contributed by atoms with van der Waals surface area (Å²) < 4.78 is 1.75. The minimum absolute atomic E-state index is 0.0799. The normalized spacial score (nSPS) is 10.1. The second-order valence-corrected chi connectivity index (χ2v) is 4.63. The number of Topliss-reactive ketones (excluding diaryl/α,β-unsaturated/α-hetero) is 1. The van der Waals surface area contributed by atoms with Gasteiger partial charge >= 0.3 is 0 Å². The van der Waals surface area contributed by atoms with Crippen molar-refractivity contribution in [1.29, 1.82) is 0 Å². The van der Waals surface area contributed by atoms with E-state index in [1.165, 1.54) is 6.92 Å². The lowest BCUT2D eigenvalue weighted by Gasteiger charge is -2.04. The fraction of sp³-hybridized carbons (Fsp3) is 0.188. The van der Waals surface area contributed by atoms with Crippen LogP contribution in [0.5, 0.6) is 0 Å². The van der Waals surface area contributed by atoms with Gasteiger partial charge in [-0.05, 0) is 5.56 Å². The van der Waals surface area contributed by atoms with E-state index < -0.39 is 0 Å². The van der Waals surface area contributed by atoms with Crippen LogP contribution >= 0.6 is 0 Å². The standard InChI is InChI=1S/C16H16N2O2/c1-13(19)12-18-9-7-15(8-10-18)16(20)17-11-14-5-3-2-4-6-14/h2-10H,11-12H2,1H3/p+1. The molecule has 102 valence electrons. The third-order valence-electron chi connectivity index (χ3n) is 2.85. The Morgan fingerprint density at radius 2 is 1.70 bits per heavy atom. The average Bonchev–Trinajstić information content (AvgIpc) is 2.46. The molecular weight excluding hydrogens is 252 g/mol. The smallest absolute Gasteiger partial charge is 0.252 e. The topological polar surface area (TPSA) is 50.0 Å². The van der Waals surface area contributed by atoms with Crippen LogP contribution in [0.1, 0.15) is 22.8 Å². The molecule has 4 nitrogen and oxygen atoms in total. The second-order valence-electron chi connectivity index (χ2n) is 4.63. The number of rotatable bonds is 5. The molecule has 2 aromatic rings. The molecule has 1 aromatic carbocycles. The van der Waals surface area contributed by atoms with Gasteiger partial charge in [0, 0.05) is 25.6 Å². The average molecular weight is 269 g/mol. The van der Waals surface area contributed by atoms with Crippen molar-refractivity contribution in [2.24, 2.45) is 0 Å². The lowest BCUT2D eigenvalue weighted by atomic mass is 10.2. The van der Waals surface area contributed by atoms with E-state index in [0.717, 1.165) is 5.56 Å². The predicted octanol–water partition coefficient (Wildman–Crippen LogP) is 1.49. The van der Waals surface area contributed by atoms with Crippen LogP contribution in [0.15, 0.2) is 54.9 Å². The van der Waals surface area contributed by atoms with Gasteiger partial charge in [0.15, 0.2) is 18.2 Å². The molecule has 0 saturated heterocycles. The first-order chi connectivity index (χ1) is 9.65. The maximum atomic E-state index is 12.0. The Balaban J connectivity index is 1.94. The van der Waals surface area contributed by atoms with E-state index in [-0.39, 0.29) is 11.7 Å². The number of amides is 1. The molecule has 4 heteroatoms. The highest BCUT2D eigenvalue weighted by Crippen LogP contribution is 2.00. The summed E-state index contributed by atoms with van der Waals surface area (Å²) in [6.07, 6.45) is 3.47. The maximum absolute atomic E-state index is 12.0. The molecule has 0 radical (unpaired) electrons. The zero-order valence-electron chi connectivity index (χ0n) is 11.4. The van der Waals surface area contributed by atoms with Crippen LogP contribution in [0.2, 0.25) is 0 Å². The number of pyridine rings is 1. The first-order valence-corrected chi connectivity index (χ1v) is 6.46. The van der Waals surface area contributed by atoms with Crippen molar-refractivity contribution in [3.63, 3.8) is 0 Å². The Hall–Kier alpha value is -2.49. The van der Waals surface area contributed by atoms with Crippen LogP contribution in [0.25, 0.3) is 0 Å². The number of benzene rings is 1. The predicted molar refractivity (Wildman–Crippen MR) is 74.9 cm³/mol. The summed E-state index contributed by atoms with van der Waals surface area (Å²) in [5, 5.41) is 2.86. The summed E-state index contributed by atoms with van der Waals surface area (Å²) in [4.78, 5) is 23.0. The van der Waals surface area contributed by atoms with Crippen LogP contribution in [0.3, 0.4) is 0 Å². The highest BCUT2D eigenvalue weighted by molar-refractivity contribution is 5.93. The highest BCUT2D eigenvalue weighted by Gasteiger charge is 2.09. The molecular formula is C16H17N2O2+. The summed E-state index contributed by atoms with van der Waals surface area (Å²) in [6.45, 7) is 2.36. The molecule has 20 heavy (non-hydrogen) atoms. The lowest BCUT2D eigenvalue weighted by molar-refractivity contribution is -0.684. The lowest BCUT2D eigenvalue weighted by Crippen LogP contribution is -2.36. The molecule has 0 aliphatic heterocycles. The van der Waals surface area contributed by atoms with Crippen LogP contribution in [0.4, 0.5) is 0 Å². The summed E-state index contributed by atoms with van der Waals surface area (Å²) in [6, 6.07) is 13.2. The molecule has 0 aliphatic carbocycles. The highest BCUT2D eigenvalue weighted by atomic mass is 16.1. The van der Waals surface area contributed by atoms with E-state index in [9.17, 15) is 9.59 Å². The molecule has 1 aromatic heterocycles. The molecule has 1 N–H and O–H groups in total. The quantitative estimate of drug-likeness (QED) is 0.836. The summed E-state index contributed by atoms with van der Waals surface area (Å²) in [5.41, 5.74) is 1.64. The van der Waals surface area contributed by atoms with Gasteiger partial charge in [-0.3, -0.25) is 9.59 Å². The van der Waals surface area contributed by atoms with Crippen LogP contribution < -0.4 is 9.88 Å². The number of nitrogens with one attached hydrogen (secondary N) is 1. The molecule has 0 saturated carbocycles. The Morgan fingerprint density at radius 3 is 2.30 bits per heavy atom. The number of ketones is 1. The van der Waals surface area contributed by atoms with Gasteiger partial charge < -0.3 is 5.32 Å². The van der Waals surface area contributed by atoms with E-state index in [1.54, 1.807) is 29.1 Å². The van der Waals surface area contributed by atoms with Crippen molar-refractivity contribution < 1.29 is 14.2 Å². The van der Waals surface area contributed by atoms with E-state index in [0.29, 0.717) is 18.7 Å². The molecule has 2 rings (SSSR count). The van der Waals surface area contributed by atoms with Gasteiger partial charge in [-0.25, -0.2) is 0 Å². The molecule has 0 unspecified atom stereocenters. The second kappa shape index (κ2) is 6.61. The van der Waals surface area contributed by atoms with Crippen molar-refractivity contribution in [1.82, 2.24) is 5.32 Å². The minimum Gasteiger partial charge on any atom is -0.348 e. The van der Waals surface area contributed by atoms with Gasteiger partial charge in [-0.1, -0.05) is 30.3 Å². The van der Waals surface area contributed by atoms with Crippen LogP contribution in [-0.4, -0.2) is 11.7 Å². The third kappa shape index (κ3) is 4.02. The fourth-order valence-corrected chi connectivity index (χ4v) is 1.85. The van der Waals surface area contributed by atoms with Crippen LogP contribution in [-0.2, 0) is 17.9 Å². The van der Waals surface area contributed by atoms with Gasteiger partial charge in [0.1, 0.15) is 0 Å². The van der Waals surface area contributed by atoms with Crippen molar-refractivity contribution in [2.45, 2.75) is 20.0 Å². The van der Waals surface area contributed by atoms with Crippen molar-refractivity contribution in [3.05, 3.63) is 66.0 Å². The molecule has 1 heterocycles. The van der Waals surface area contributed by atoms with Gasteiger partial charge in [0.2, 0.25) is 6.54 Å². The largest absolute Gasteiger partial charge is 0.348 e. The SMILES string of the molecule is CC(=O)C[n+]1ccc(C(=O)NCc2ccccc2)cc1. The molecule has 1 amide bonds. The number of hydrogen-bond donors (Lipinski definition) is 1. The van der Waals surface area contributed by atoms with Gasteiger partial charge in [0.25, 0.3) is 5.91 Å². The summed E-state index contributed by atoms with van der Waals surface area (Å²) in [7, 11) is 0. The van der Waals surface area contributed by atoms with E-state index in [2.05, 4.69) is 5.32 Å². The molecule has 0 fully saturated rings. The Bertz CT molecular complexity index is 592. The maximum Gasteiger partial charge on any atom is 0.252 e. The van der Waals surface area contributed by atoms with Gasteiger partial charge in [-0.2, -0.15) is 4.57 Å². The first-order valence-electron chi connectivity index (χ1n) is 6.46. The summed E-state index contributed by atoms with van der Waals surface area (Å²) in [5.74, 6) is -0.0416. The molecule has 0 bridgehead atoms. The van der Waals surface area contributed by atoms with E-state index >= 15 is 0 Å². The number of hydrogen-bond acceptors (Lipinski definition) is 2. The number of carbonyl (C=O) groups excluding carboxylic acids is 2.